The molecule has 0 unspecified atom stereocenters. The van der Waals surface area contributed by atoms with Crippen LogP contribution in [0.25, 0.3) is 0 Å². The standard InChI is InChI=1S/C18H36O3/c1-2-3-4-12-15-18(21-20)16-13-10-8-6-5-7-9-11-14-17-19/h17-18,20H,2-16H2,1H3/t18-/m1/s1. The molecule has 1 N–H and O–H groups in total. The Balaban J connectivity index is 3.25. The lowest BCUT2D eigenvalue weighted by Crippen LogP contribution is -2.10. The lowest BCUT2D eigenvalue weighted by atomic mass is 10.0. The van der Waals surface area contributed by atoms with Gasteiger partial charge in [0.1, 0.15) is 6.29 Å². The molecule has 0 fully saturated rings. The zero-order chi connectivity index (χ0) is 15.6. The Morgan fingerprint density at radius 3 is 1.76 bits per heavy atom. The van der Waals surface area contributed by atoms with E-state index in [-0.39, 0.29) is 6.10 Å². The second-order valence-corrected chi connectivity index (χ2v) is 6.15. The van der Waals surface area contributed by atoms with Gasteiger partial charge in [-0.1, -0.05) is 77.6 Å². The summed E-state index contributed by atoms with van der Waals surface area (Å²) in [6.07, 6.45) is 18.5. The average Bonchev–Trinajstić information content (AvgIpc) is 2.51. The normalized spacial score (nSPS) is 12.5. The Bertz CT molecular complexity index is 207. The molecule has 0 radical (unpaired) electrons. The van der Waals surface area contributed by atoms with Crippen LogP contribution in [0.4, 0.5) is 0 Å². The number of rotatable bonds is 17. The molecule has 3 heteroatoms. The SMILES string of the molecule is CCCCCC[C@H](CCCCCCCCCCC=O)OO. The summed E-state index contributed by atoms with van der Waals surface area (Å²) in [5, 5.41) is 8.90. The van der Waals surface area contributed by atoms with E-state index in [1.807, 2.05) is 0 Å². The minimum atomic E-state index is 0.0465. The number of hydrogen-bond donors (Lipinski definition) is 1. The van der Waals surface area contributed by atoms with Crippen LogP contribution in [0.5, 0.6) is 0 Å². The first-order valence-electron chi connectivity index (χ1n) is 9.09. The summed E-state index contributed by atoms with van der Waals surface area (Å²) in [7, 11) is 0. The highest BCUT2D eigenvalue weighted by atomic mass is 17.1. The molecule has 1 atom stereocenters. The first kappa shape index (κ1) is 20.6. The maximum absolute atomic E-state index is 10.2. The minimum absolute atomic E-state index is 0.0465. The van der Waals surface area contributed by atoms with Crippen LogP contribution in [0.3, 0.4) is 0 Å². The van der Waals surface area contributed by atoms with E-state index in [1.54, 1.807) is 0 Å². The third kappa shape index (κ3) is 15.8. The zero-order valence-electron chi connectivity index (χ0n) is 14.0. The van der Waals surface area contributed by atoms with E-state index in [4.69, 9.17) is 5.26 Å². The maximum atomic E-state index is 10.2. The molecule has 126 valence electrons. The molecule has 0 bridgehead atoms. The molecule has 0 aliphatic rings. The molecular weight excluding hydrogens is 264 g/mol. The molecule has 0 aromatic rings. The molecule has 0 saturated carbocycles. The second-order valence-electron chi connectivity index (χ2n) is 6.15. The Morgan fingerprint density at radius 1 is 0.810 bits per heavy atom. The summed E-state index contributed by atoms with van der Waals surface area (Å²) in [5.74, 6) is 0. The van der Waals surface area contributed by atoms with Gasteiger partial charge in [-0.05, 0) is 19.3 Å². The molecule has 0 spiro atoms. The number of carbonyl (C=O) groups excluding carboxylic acids is 1. The smallest absolute Gasteiger partial charge is 0.119 e. The fourth-order valence-electron chi connectivity index (χ4n) is 2.71. The van der Waals surface area contributed by atoms with Crippen LogP contribution in [0.1, 0.15) is 103 Å². The number of carbonyl (C=O) groups is 1. The molecule has 0 aromatic heterocycles. The highest BCUT2D eigenvalue weighted by Crippen LogP contribution is 2.15. The van der Waals surface area contributed by atoms with Crippen LogP contribution >= 0.6 is 0 Å². The number of aldehydes is 1. The first-order chi connectivity index (χ1) is 10.3. The Morgan fingerprint density at radius 2 is 1.29 bits per heavy atom. The maximum Gasteiger partial charge on any atom is 0.119 e. The second kappa shape index (κ2) is 17.6. The molecule has 21 heavy (non-hydrogen) atoms. The van der Waals surface area contributed by atoms with Gasteiger partial charge in [0.2, 0.25) is 0 Å². The summed E-state index contributed by atoms with van der Waals surface area (Å²) in [6, 6.07) is 0. The topological polar surface area (TPSA) is 46.5 Å². The summed E-state index contributed by atoms with van der Waals surface area (Å²) in [4.78, 5) is 14.7. The molecule has 0 aliphatic carbocycles. The molecule has 0 saturated heterocycles. The Hall–Kier alpha value is -0.410. The van der Waals surface area contributed by atoms with Crippen LogP contribution in [-0.4, -0.2) is 17.6 Å². The van der Waals surface area contributed by atoms with Crippen molar-refractivity contribution >= 4 is 6.29 Å². The number of unbranched alkanes of at least 4 members (excludes halogenated alkanes) is 11. The van der Waals surface area contributed by atoms with Crippen LogP contribution in [0, 0.1) is 0 Å². The van der Waals surface area contributed by atoms with E-state index >= 15 is 0 Å². The summed E-state index contributed by atoms with van der Waals surface area (Å²) in [6.45, 7) is 2.21. The van der Waals surface area contributed by atoms with Gasteiger partial charge in [-0.25, -0.2) is 4.89 Å². The fraction of sp³-hybridized carbons (Fsp3) is 0.944. The van der Waals surface area contributed by atoms with Gasteiger partial charge >= 0.3 is 0 Å². The third-order valence-corrected chi connectivity index (χ3v) is 4.13. The molecule has 0 aromatic carbocycles. The van der Waals surface area contributed by atoms with Crippen LogP contribution in [0.15, 0.2) is 0 Å². The Labute approximate surface area is 131 Å². The predicted molar refractivity (Wildman–Crippen MR) is 88.5 cm³/mol. The molecule has 3 nitrogen and oxygen atoms in total. The molecular formula is C18H36O3. The van der Waals surface area contributed by atoms with Gasteiger partial charge in [0.15, 0.2) is 0 Å². The lowest BCUT2D eigenvalue weighted by molar-refractivity contribution is -0.281. The predicted octanol–water partition coefficient (Wildman–Crippen LogP) is 5.91. The van der Waals surface area contributed by atoms with Crippen molar-refractivity contribution in [3.05, 3.63) is 0 Å². The summed E-state index contributed by atoms with van der Waals surface area (Å²) < 4.78 is 0. The highest BCUT2D eigenvalue weighted by Gasteiger charge is 2.08. The van der Waals surface area contributed by atoms with E-state index in [0.29, 0.717) is 0 Å². The zero-order valence-corrected chi connectivity index (χ0v) is 14.0. The molecule has 0 aliphatic heterocycles. The van der Waals surface area contributed by atoms with E-state index in [9.17, 15) is 4.79 Å². The van der Waals surface area contributed by atoms with Crippen LogP contribution in [-0.2, 0) is 9.68 Å². The van der Waals surface area contributed by atoms with Crippen molar-refractivity contribution in [3.63, 3.8) is 0 Å². The van der Waals surface area contributed by atoms with Crippen molar-refractivity contribution in [2.24, 2.45) is 0 Å². The largest absolute Gasteiger partial charge is 0.303 e. The van der Waals surface area contributed by atoms with Gasteiger partial charge in [-0.3, -0.25) is 5.26 Å². The van der Waals surface area contributed by atoms with Crippen molar-refractivity contribution in [1.82, 2.24) is 0 Å². The highest BCUT2D eigenvalue weighted by molar-refractivity contribution is 5.48. The van der Waals surface area contributed by atoms with Crippen LogP contribution in [0.2, 0.25) is 0 Å². The molecule has 0 rings (SSSR count). The van der Waals surface area contributed by atoms with E-state index in [1.165, 1.54) is 64.2 Å². The Kier molecular flexibility index (Phi) is 17.3. The van der Waals surface area contributed by atoms with E-state index < -0.39 is 0 Å². The van der Waals surface area contributed by atoms with Gasteiger partial charge in [0.05, 0.1) is 6.10 Å². The van der Waals surface area contributed by atoms with Crippen molar-refractivity contribution < 1.29 is 14.9 Å². The minimum Gasteiger partial charge on any atom is -0.303 e. The van der Waals surface area contributed by atoms with Crippen molar-refractivity contribution in [3.8, 4) is 0 Å². The van der Waals surface area contributed by atoms with Crippen LogP contribution < -0.4 is 0 Å². The van der Waals surface area contributed by atoms with Gasteiger partial charge in [0.25, 0.3) is 0 Å². The first-order valence-corrected chi connectivity index (χ1v) is 9.09. The number of hydrogen-bond acceptors (Lipinski definition) is 3. The third-order valence-electron chi connectivity index (χ3n) is 4.13. The monoisotopic (exact) mass is 300 g/mol. The van der Waals surface area contributed by atoms with Crippen molar-refractivity contribution in [1.29, 1.82) is 0 Å². The quantitative estimate of drug-likeness (QED) is 0.157. The average molecular weight is 300 g/mol. The molecule has 0 amide bonds. The summed E-state index contributed by atoms with van der Waals surface area (Å²) in [5.41, 5.74) is 0. The molecule has 0 heterocycles. The van der Waals surface area contributed by atoms with Crippen molar-refractivity contribution in [2.75, 3.05) is 0 Å². The van der Waals surface area contributed by atoms with Gasteiger partial charge in [-0.2, -0.15) is 0 Å². The summed E-state index contributed by atoms with van der Waals surface area (Å²) >= 11 is 0. The lowest BCUT2D eigenvalue weighted by Gasteiger charge is -2.12. The van der Waals surface area contributed by atoms with Gasteiger partial charge in [-0.15, -0.1) is 0 Å². The van der Waals surface area contributed by atoms with E-state index in [2.05, 4.69) is 11.8 Å². The van der Waals surface area contributed by atoms with Crippen molar-refractivity contribution in [2.45, 2.75) is 109 Å². The fourth-order valence-corrected chi connectivity index (χ4v) is 2.71. The van der Waals surface area contributed by atoms with Gasteiger partial charge in [0, 0.05) is 6.42 Å². The van der Waals surface area contributed by atoms with Gasteiger partial charge < -0.3 is 4.79 Å². The van der Waals surface area contributed by atoms with E-state index in [0.717, 1.165) is 38.4 Å².